The normalized spacial score (nSPS) is 9.81. The molecule has 0 aromatic carbocycles. The number of nitro groups is 1. The van der Waals surface area contributed by atoms with Gasteiger partial charge in [0.05, 0.1) is 11.5 Å². The average molecular weight is 228 g/mol. The Bertz CT molecular complexity index is 494. The standard InChI is InChI=1S/C7H8N4O5/c1-2-16-6(12)3-4(11(14)15)5(8)10-7(13)9-3/h2H2,1H3,(H3,8,9,10,13). The lowest BCUT2D eigenvalue weighted by Gasteiger charge is -2.03. The smallest absolute Gasteiger partial charge is 0.362 e. The molecule has 0 fully saturated rings. The number of carbonyl (C=O) groups is 1. The second-order valence-corrected chi connectivity index (χ2v) is 2.63. The number of aromatic amines is 1. The lowest BCUT2D eigenvalue weighted by molar-refractivity contribution is -0.384. The molecular formula is C7H8N4O5. The van der Waals surface area contributed by atoms with Gasteiger partial charge in [0.15, 0.2) is 0 Å². The van der Waals surface area contributed by atoms with Crippen LogP contribution in [0.15, 0.2) is 4.79 Å². The maximum atomic E-state index is 11.3. The highest BCUT2D eigenvalue weighted by Crippen LogP contribution is 2.20. The molecule has 0 radical (unpaired) electrons. The van der Waals surface area contributed by atoms with E-state index < -0.39 is 33.8 Å². The lowest BCUT2D eigenvalue weighted by atomic mass is 10.3. The van der Waals surface area contributed by atoms with Gasteiger partial charge in [-0.1, -0.05) is 0 Å². The zero-order valence-electron chi connectivity index (χ0n) is 8.22. The van der Waals surface area contributed by atoms with Crippen LogP contribution in [0.2, 0.25) is 0 Å². The quantitative estimate of drug-likeness (QED) is 0.401. The summed E-state index contributed by atoms with van der Waals surface area (Å²) in [4.78, 5) is 37.0. The minimum Gasteiger partial charge on any atom is -0.461 e. The van der Waals surface area contributed by atoms with Crippen molar-refractivity contribution in [3.63, 3.8) is 0 Å². The van der Waals surface area contributed by atoms with Gasteiger partial charge in [0, 0.05) is 0 Å². The van der Waals surface area contributed by atoms with Crippen molar-refractivity contribution in [2.45, 2.75) is 6.92 Å². The lowest BCUT2D eigenvalue weighted by Crippen LogP contribution is -2.21. The van der Waals surface area contributed by atoms with Crippen molar-refractivity contribution >= 4 is 17.5 Å². The van der Waals surface area contributed by atoms with Gasteiger partial charge in [-0.3, -0.25) is 15.1 Å². The van der Waals surface area contributed by atoms with Crippen LogP contribution in [0.5, 0.6) is 0 Å². The number of esters is 1. The number of nitrogens with zero attached hydrogens (tertiary/aromatic N) is 2. The average Bonchev–Trinajstić information content (AvgIpc) is 2.15. The van der Waals surface area contributed by atoms with Gasteiger partial charge in [0.1, 0.15) is 0 Å². The fraction of sp³-hybridized carbons (Fsp3) is 0.286. The van der Waals surface area contributed by atoms with Crippen molar-refractivity contribution in [1.82, 2.24) is 9.97 Å². The number of anilines is 1. The van der Waals surface area contributed by atoms with E-state index in [2.05, 4.69) is 9.72 Å². The highest BCUT2D eigenvalue weighted by molar-refractivity contribution is 5.93. The summed E-state index contributed by atoms with van der Waals surface area (Å²) in [5.74, 6) is -1.66. The maximum absolute atomic E-state index is 11.3. The fourth-order valence-corrected chi connectivity index (χ4v) is 1.02. The molecule has 0 atom stereocenters. The summed E-state index contributed by atoms with van der Waals surface area (Å²) in [7, 11) is 0. The first-order valence-electron chi connectivity index (χ1n) is 4.18. The molecule has 3 N–H and O–H groups in total. The Kier molecular flexibility index (Phi) is 3.18. The molecule has 0 aliphatic carbocycles. The van der Waals surface area contributed by atoms with Crippen LogP contribution >= 0.6 is 0 Å². The number of nitrogens with two attached hydrogens (primary N) is 1. The van der Waals surface area contributed by atoms with E-state index in [9.17, 15) is 19.7 Å². The maximum Gasteiger partial charge on any atom is 0.362 e. The molecular weight excluding hydrogens is 220 g/mol. The summed E-state index contributed by atoms with van der Waals surface area (Å²) in [5, 5.41) is 10.6. The van der Waals surface area contributed by atoms with E-state index in [1.165, 1.54) is 6.92 Å². The summed E-state index contributed by atoms with van der Waals surface area (Å²) in [5.41, 5.74) is 2.85. The Morgan fingerprint density at radius 2 is 2.31 bits per heavy atom. The molecule has 0 saturated heterocycles. The Morgan fingerprint density at radius 3 is 2.81 bits per heavy atom. The van der Waals surface area contributed by atoms with Crippen LogP contribution in [-0.4, -0.2) is 27.5 Å². The molecule has 1 aromatic heterocycles. The van der Waals surface area contributed by atoms with E-state index in [0.717, 1.165) is 0 Å². The molecule has 16 heavy (non-hydrogen) atoms. The number of hydrogen-bond donors (Lipinski definition) is 2. The minimum atomic E-state index is -1.03. The van der Waals surface area contributed by atoms with Crippen LogP contribution < -0.4 is 11.4 Å². The molecule has 9 nitrogen and oxygen atoms in total. The van der Waals surface area contributed by atoms with Crippen LogP contribution in [0.1, 0.15) is 17.4 Å². The van der Waals surface area contributed by atoms with Crippen molar-refractivity contribution in [3.8, 4) is 0 Å². The fourth-order valence-electron chi connectivity index (χ4n) is 1.02. The molecule has 0 aliphatic rings. The van der Waals surface area contributed by atoms with Crippen molar-refractivity contribution < 1.29 is 14.5 Å². The molecule has 1 rings (SSSR count). The first-order valence-corrected chi connectivity index (χ1v) is 4.18. The summed E-state index contributed by atoms with van der Waals surface area (Å²) in [6, 6.07) is 0. The van der Waals surface area contributed by atoms with Crippen molar-refractivity contribution in [1.29, 1.82) is 0 Å². The van der Waals surface area contributed by atoms with E-state index in [0.29, 0.717) is 0 Å². The van der Waals surface area contributed by atoms with E-state index in [1.54, 1.807) is 0 Å². The first kappa shape index (κ1) is 11.6. The molecule has 0 amide bonds. The molecule has 0 aliphatic heterocycles. The van der Waals surface area contributed by atoms with Gasteiger partial charge in [0.25, 0.3) is 0 Å². The third-order valence-corrected chi connectivity index (χ3v) is 1.60. The predicted octanol–water partition coefficient (Wildman–Crippen LogP) is -0.563. The van der Waals surface area contributed by atoms with Crippen LogP contribution in [0.4, 0.5) is 11.5 Å². The zero-order valence-corrected chi connectivity index (χ0v) is 8.22. The van der Waals surface area contributed by atoms with Gasteiger partial charge >= 0.3 is 17.3 Å². The van der Waals surface area contributed by atoms with Crippen LogP contribution in [-0.2, 0) is 4.74 Å². The Balaban J connectivity index is 3.41. The van der Waals surface area contributed by atoms with Crippen molar-refractivity contribution in [3.05, 3.63) is 26.3 Å². The molecule has 9 heteroatoms. The van der Waals surface area contributed by atoms with Crippen LogP contribution in [0, 0.1) is 10.1 Å². The van der Waals surface area contributed by atoms with E-state index in [4.69, 9.17) is 5.73 Å². The predicted molar refractivity (Wildman–Crippen MR) is 51.9 cm³/mol. The second kappa shape index (κ2) is 4.38. The number of carbonyl (C=O) groups excluding carboxylic acids is 1. The first-order chi connectivity index (χ1) is 7.47. The molecule has 1 aromatic rings. The van der Waals surface area contributed by atoms with Crippen molar-refractivity contribution in [2.75, 3.05) is 12.3 Å². The number of rotatable bonds is 3. The largest absolute Gasteiger partial charge is 0.461 e. The minimum absolute atomic E-state index is 0.0141. The second-order valence-electron chi connectivity index (χ2n) is 2.63. The Labute approximate surface area is 88.4 Å². The number of nitrogen functional groups attached to an aromatic ring is 1. The SMILES string of the molecule is CCOC(=O)c1[nH]c(=O)nc(N)c1[N+](=O)[O-]. The molecule has 0 unspecified atom stereocenters. The van der Waals surface area contributed by atoms with E-state index in [1.807, 2.05) is 4.98 Å². The van der Waals surface area contributed by atoms with Gasteiger partial charge in [0.2, 0.25) is 11.5 Å². The van der Waals surface area contributed by atoms with Crippen LogP contribution in [0.3, 0.4) is 0 Å². The molecule has 86 valence electrons. The van der Waals surface area contributed by atoms with E-state index in [-0.39, 0.29) is 6.61 Å². The highest BCUT2D eigenvalue weighted by atomic mass is 16.6. The topological polar surface area (TPSA) is 141 Å². The van der Waals surface area contributed by atoms with Crippen molar-refractivity contribution in [2.24, 2.45) is 0 Å². The summed E-state index contributed by atoms with van der Waals surface area (Å²) >= 11 is 0. The number of nitrogens with one attached hydrogen (secondary N) is 1. The van der Waals surface area contributed by atoms with Gasteiger partial charge in [-0.05, 0) is 6.92 Å². The Morgan fingerprint density at radius 1 is 1.69 bits per heavy atom. The van der Waals surface area contributed by atoms with E-state index >= 15 is 0 Å². The van der Waals surface area contributed by atoms with Crippen LogP contribution in [0.25, 0.3) is 0 Å². The number of ether oxygens (including phenoxy) is 1. The monoisotopic (exact) mass is 228 g/mol. The Hall–Kier alpha value is -2.45. The summed E-state index contributed by atoms with van der Waals surface area (Å²) in [6.45, 7) is 1.53. The molecule has 1 heterocycles. The summed E-state index contributed by atoms with van der Waals surface area (Å²) < 4.78 is 4.53. The third kappa shape index (κ3) is 2.13. The highest BCUT2D eigenvalue weighted by Gasteiger charge is 2.27. The number of H-pyrrole nitrogens is 1. The van der Waals surface area contributed by atoms with Gasteiger partial charge in [-0.15, -0.1) is 0 Å². The number of hydrogen-bond acceptors (Lipinski definition) is 7. The van der Waals surface area contributed by atoms with Gasteiger partial charge in [-0.25, -0.2) is 9.59 Å². The molecule has 0 spiro atoms. The zero-order chi connectivity index (χ0) is 12.3. The molecule has 0 bridgehead atoms. The van der Waals surface area contributed by atoms with Gasteiger partial charge < -0.3 is 10.5 Å². The third-order valence-electron chi connectivity index (χ3n) is 1.60. The molecule has 0 saturated carbocycles. The van der Waals surface area contributed by atoms with Gasteiger partial charge in [-0.2, -0.15) is 4.98 Å². The number of aromatic nitrogens is 2. The summed E-state index contributed by atoms with van der Waals surface area (Å²) in [6.07, 6.45) is 0.